The van der Waals surface area contributed by atoms with E-state index >= 15 is 0 Å². The Morgan fingerprint density at radius 3 is 2.50 bits per heavy atom. The first-order valence-electron chi connectivity index (χ1n) is 10.3. The Bertz CT molecular complexity index is 1360. The van der Waals surface area contributed by atoms with Crippen LogP contribution in [0.2, 0.25) is 0 Å². The minimum atomic E-state index is -0.546. The SMILES string of the molecule is COC(=O)COc1cc(-c2ccc(F)cc2)nc2ccc(NC(=O)c3cccc(OC)c3)cc12. The molecule has 0 saturated carbocycles. The molecule has 1 N–H and O–H groups in total. The second-order valence-corrected chi connectivity index (χ2v) is 7.30. The van der Waals surface area contributed by atoms with Crippen molar-refractivity contribution in [2.24, 2.45) is 0 Å². The van der Waals surface area contributed by atoms with Crippen LogP contribution in [0, 0.1) is 5.82 Å². The van der Waals surface area contributed by atoms with Gasteiger partial charge in [-0.2, -0.15) is 0 Å². The maximum absolute atomic E-state index is 13.4. The highest BCUT2D eigenvalue weighted by atomic mass is 19.1. The van der Waals surface area contributed by atoms with Crippen LogP contribution < -0.4 is 14.8 Å². The maximum atomic E-state index is 13.4. The summed E-state index contributed by atoms with van der Waals surface area (Å²) in [7, 11) is 2.80. The number of carbonyl (C=O) groups is 2. The van der Waals surface area contributed by atoms with Gasteiger partial charge in [0.15, 0.2) is 6.61 Å². The first-order valence-corrected chi connectivity index (χ1v) is 10.3. The molecule has 4 rings (SSSR count). The number of hydrogen-bond donors (Lipinski definition) is 1. The van der Waals surface area contributed by atoms with Crippen molar-refractivity contribution in [2.75, 3.05) is 26.1 Å². The lowest BCUT2D eigenvalue weighted by Crippen LogP contribution is -2.13. The van der Waals surface area contributed by atoms with Gasteiger partial charge in [-0.3, -0.25) is 4.79 Å². The molecule has 1 amide bonds. The van der Waals surface area contributed by atoms with Crippen LogP contribution in [0.1, 0.15) is 10.4 Å². The molecule has 0 aliphatic carbocycles. The van der Waals surface area contributed by atoms with Gasteiger partial charge >= 0.3 is 5.97 Å². The van der Waals surface area contributed by atoms with Crippen LogP contribution in [0.15, 0.2) is 72.8 Å². The van der Waals surface area contributed by atoms with E-state index in [-0.39, 0.29) is 18.3 Å². The van der Waals surface area contributed by atoms with Gasteiger partial charge in [-0.15, -0.1) is 0 Å². The Kier molecular flexibility index (Phi) is 6.68. The quantitative estimate of drug-likeness (QED) is 0.397. The molecule has 0 fully saturated rings. The molecule has 3 aromatic carbocycles. The summed E-state index contributed by atoms with van der Waals surface area (Å²) in [5.41, 5.74) is 2.74. The topological polar surface area (TPSA) is 86.8 Å². The van der Waals surface area contributed by atoms with E-state index < -0.39 is 5.97 Å². The Balaban J connectivity index is 1.70. The van der Waals surface area contributed by atoms with Crippen LogP contribution in [0.3, 0.4) is 0 Å². The third-order valence-electron chi connectivity index (χ3n) is 5.07. The van der Waals surface area contributed by atoms with Crippen molar-refractivity contribution in [1.29, 1.82) is 0 Å². The van der Waals surface area contributed by atoms with Gasteiger partial charge in [-0.05, 0) is 60.7 Å². The molecular formula is C26H21FN2O5. The molecule has 0 unspecified atom stereocenters. The number of benzene rings is 3. The van der Waals surface area contributed by atoms with Crippen LogP contribution in [-0.2, 0) is 9.53 Å². The summed E-state index contributed by atoms with van der Waals surface area (Å²) in [5.74, 6) is -0.278. The third kappa shape index (κ3) is 5.12. The normalized spacial score (nSPS) is 10.6. The lowest BCUT2D eigenvalue weighted by Gasteiger charge is -2.13. The Hall–Kier alpha value is -4.46. The summed E-state index contributed by atoms with van der Waals surface area (Å²) in [6.07, 6.45) is 0. The summed E-state index contributed by atoms with van der Waals surface area (Å²) in [6, 6.07) is 19.5. The van der Waals surface area contributed by atoms with E-state index in [2.05, 4.69) is 15.0 Å². The molecule has 0 aliphatic rings. The van der Waals surface area contributed by atoms with E-state index in [9.17, 15) is 14.0 Å². The molecule has 8 heteroatoms. The Labute approximate surface area is 195 Å². The van der Waals surface area contributed by atoms with Crippen LogP contribution in [0.4, 0.5) is 10.1 Å². The molecule has 7 nitrogen and oxygen atoms in total. The van der Waals surface area contributed by atoms with E-state index in [1.807, 2.05) is 0 Å². The van der Waals surface area contributed by atoms with Crippen LogP contribution >= 0.6 is 0 Å². The third-order valence-corrected chi connectivity index (χ3v) is 5.07. The average Bonchev–Trinajstić information content (AvgIpc) is 2.87. The van der Waals surface area contributed by atoms with Gasteiger partial charge in [0.05, 0.1) is 25.4 Å². The fraction of sp³-hybridized carbons (Fsp3) is 0.115. The van der Waals surface area contributed by atoms with Gasteiger partial charge in [-0.1, -0.05) is 6.07 Å². The number of methoxy groups -OCH3 is 2. The number of pyridine rings is 1. The zero-order chi connectivity index (χ0) is 24.1. The standard InChI is InChI=1S/C26H21FN2O5/c1-32-20-5-3-4-17(12-20)26(31)28-19-10-11-22-21(13-19)24(34-15-25(30)33-2)14-23(29-22)16-6-8-18(27)9-7-16/h3-14H,15H2,1-2H3,(H,28,31). The smallest absolute Gasteiger partial charge is 0.343 e. The Morgan fingerprint density at radius 2 is 1.76 bits per heavy atom. The number of ether oxygens (including phenoxy) is 3. The second-order valence-electron chi connectivity index (χ2n) is 7.30. The molecule has 172 valence electrons. The number of rotatable bonds is 7. The summed E-state index contributed by atoms with van der Waals surface area (Å²) >= 11 is 0. The number of fused-ring (bicyclic) bond motifs is 1. The minimum absolute atomic E-state index is 0.307. The fourth-order valence-corrected chi connectivity index (χ4v) is 3.32. The molecule has 0 atom stereocenters. The second kappa shape index (κ2) is 9.99. The minimum Gasteiger partial charge on any atom is -0.497 e. The summed E-state index contributed by atoms with van der Waals surface area (Å²) in [4.78, 5) is 29.0. The number of halogens is 1. The number of amides is 1. The van der Waals surface area contributed by atoms with Crippen LogP contribution in [0.25, 0.3) is 22.2 Å². The highest BCUT2D eigenvalue weighted by molar-refractivity contribution is 6.05. The van der Waals surface area contributed by atoms with Gasteiger partial charge in [0.1, 0.15) is 17.3 Å². The molecule has 0 saturated heterocycles. The molecule has 1 heterocycles. The van der Waals surface area contributed by atoms with Gasteiger partial charge < -0.3 is 19.5 Å². The molecule has 0 radical (unpaired) electrons. The average molecular weight is 460 g/mol. The van der Waals surface area contributed by atoms with Crippen molar-refractivity contribution in [2.45, 2.75) is 0 Å². The summed E-state index contributed by atoms with van der Waals surface area (Å²) in [5, 5.41) is 3.43. The lowest BCUT2D eigenvalue weighted by molar-refractivity contribution is -0.142. The zero-order valence-electron chi connectivity index (χ0n) is 18.5. The van der Waals surface area contributed by atoms with E-state index in [0.717, 1.165) is 0 Å². The molecule has 4 aromatic rings. The number of anilines is 1. The molecule has 1 aromatic heterocycles. The van der Waals surface area contributed by atoms with Crippen LogP contribution in [-0.4, -0.2) is 37.7 Å². The molecule has 0 aliphatic heterocycles. The predicted molar refractivity (Wildman–Crippen MR) is 126 cm³/mol. The maximum Gasteiger partial charge on any atom is 0.343 e. The highest BCUT2D eigenvalue weighted by Crippen LogP contribution is 2.32. The van der Waals surface area contributed by atoms with E-state index in [4.69, 9.17) is 9.47 Å². The highest BCUT2D eigenvalue weighted by Gasteiger charge is 2.14. The van der Waals surface area contributed by atoms with Crippen molar-refractivity contribution < 1.29 is 28.2 Å². The van der Waals surface area contributed by atoms with Crippen molar-refractivity contribution in [3.05, 3.63) is 84.2 Å². The van der Waals surface area contributed by atoms with Crippen LogP contribution in [0.5, 0.6) is 11.5 Å². The first kappa shape index (κ1) is 22.7. The number of hydrogen-bond acceptors (Lipinski definition) is 6. The van der Waals surface area contributed by atoms with Crippen molar-refractivity contribution in [3.8, 4) is 22.8 Å². The number of aromatic nitrogens is 1. The number of nitrogens with zero attached hydrogens (tertiary/aromatic N) is 1. The van der Waals surface area contributed by atoms with Gasteiger partial charge in [0.25, 0.3) is 5.91 Å². The fourth-order valence-electron chi connectivity index (χ4n) is 3.32. The van der Waals surface area contributed by atoms with Crippen molar-refractivity contribution in [3.63, 3.8) is 0 Å². The van der Waals surface area contributed by atoms with Crippen molar-refractivity contribution in [1.82, 2.24) is 4.98 Å². The van der Waals surface area contributed by atoms with Crippen molar-refractivity contribution >= 4 is 28.5 Å². The molecular weight excluding hydrogens is 439 g/mol. The Morgan fingerprint density at radius 1 is 0.971 bits per heavy atom. The summed E-state index contributed by atoms with van der Waals surface area (Å²) in [6.45, 7) is -0.307. The molecule has 0 bridgehead atoms. The summed E-state index contributed by atoms with van der Waals surface area (Å²) < 4.78 is 28.9. The van der Waals surface area contributed by atoms with E-state index in [1.54, 1.807) is 60.7 Å². The largest absolute Gasteiger partial charge is 0.497 e. The predicted octanol–water partition coefficient (Wildman–Crippen LogP) is 4.85. The van der Waals surface area contributed by atoms with Gasteiger partial charge in [0, 0.05) is 28.3 Å². The monoisotopic (exact) mass is 460 g/mol. The molecule has 34 heavy (non-hydrogen) atoms. The molecule has 0 spiro atoms. The number of carbonyl (C=O) groups excluding carboxylic acids is 2. The van der Waals surface area contributed by atoms with Gasteiger partial charge in [-0.25, -0.2) is 14.2 Å². The number of esters is 1. The number of nitrogens with one attached hydrogen (secondary N) is 1. The lowest BCUT2D eigenvalue weighted by atomic mass is 10.1. The van der Waals surface area contributed by atoms with E-state index in [1.165, 1.54) is 26.4 Å². The zero-order valence-corrected chi connectivity index (χ0v) is 18.5. The first-order chi connectivity index (χ1) is 16.5. The van der Waals surface area contributed by atoms with E-state index in [0.29, 0.717) is 44.9 Å². The van der Waals surface area contributed by atoms with Gasteiger partial charge in [0.2, 0.25) is 0 Å².